The van der Waals surface area contributed by atoms with Gasteiger partial charge in [-0.2, -0.15) is 0 Å². The number of aliphatic hydroxyl groups excluding tert-OH is 1. The highest BCUT2D eigenvalue weighted by atomic mass is 16.5. The van der Waals surface area contributed by atoms with E-state index >= 15 is 0 Å². The lowest BCUT2D eigenvalue weighted by Crippen LogP contribution is -2.30. The number of aliphatic hydroxyl groups is 1. The summed E-state index contributed by atoms with van der Waals surface area (Å²) in [5, 5.41) is 13.0. The van der Waals surface area contributed by atoms with E-state index in [9.17, 15) is 9.90 Å². The largest absolute Gasteiger partial charge is 0.491 e. The molecule has 1 atom stereocenters. The fourth-order valence-electron chi connectivity index (χ4n) is 2.97. The first-order valence-electron chi connectivity index (χ1n) is 8.44. The smallest absolute Gasteiger partial charge is 0.261 e. The monoisotopic (exact) mass is 346 g/mol. The molecule has 1 aromatic heterocycles. The Morgan fingerprint density at radius 3 is 2.65 bits per heavy atom. The molecule has 130 valence electrons. The highest BCUT2D eigenvalue weighted by Crippen LogP contribution is 2.20. The molecule has 5 heteroatoms. The number of rotatable bonds is 5. The number of fused-ring (bicyclic) bond motifs is 2. The summed E-state index contributed by atoms with van der Waals surface area (Å²) in [5.41, 5.74) is 0.482. The van der Waals surface area contributed by atoms with Crippen molar-refractivity contribution in [2.24, 2.45) is 0 Å². The maximum Gasteiger partial charge on any atom is 0.261 e. The molecule has 0 spiro atoms. The molecule has 1 heterocycles. The van der Waals surface area contributed by atoms with Gasteiger partial charge in [0, 0.05) is 0 Å². The van der Waals surface area contributed by atoms with Crippen molar-refractivity contribution in [2.45, 2.75) is 12.6 Å². The molecule has 0 fully saturated rings. The zero-order chi connectivity index (χ0) is 17.9. The molecular formula is C21H18N2O3. The zero-order valence-corrected chi connectivity index (χ0v) is 14.1. The van der Waals surface area contributed by atoms with Crippen LogP contribution in [0.5, 0.6) is 5.75 Å². The summed E-state index contributed by atoms with van der Waals surface area (Å²) in [6.07, 6.45) is 0.645. The van der Waals surface area contributed by atoms with Crippen molar-refractivity contribution in [3.05, 3.63) is 83.4 Å². The Morgan fingerprint density at radius 1 is 1.00 bits per heavy atom. The molecule has 4 rings (SSSR count). The lowest BCUT2D eigenvalue weighted by atomic mass is 10.1. The fraction of sp³-hybridized carbons (Fsp3) is 0.143. The maximum atomic E-state index is 12.5. The van der Waals surface area contributed by atoms with Crippen LogP contribution < -0.4 is 10.3 Å². The minimum absolute atomic E-state index is 0.0948. The first-order valence-corrected chi connectivity index (χ1v) is 8.44. The molecule has 26 heavy (non-hydrogen) atoms. The Labute approximate surface area is 150 Å². The molecule has 0 saturated carbocycles. The van der Waals surface area contributed by atoms with Gasteiger partial charge in [0.15, 0.2) is 0 Å². The van der Waals surface area contributed by atoms with E-state index in [2.05, 4.69) is 4.98 Å². The highest BCUT2D eigenvalue weighted by Gasteiger charge is 2.10. The lowest BCUT2D eigenvalue weighted by molar-refractivity contribution is 0.0915. The van der Waals surface area contributed by atoms with Crippen molar-refractivity contribution in [1.29, 1.82) is 0 Å². The molecule has 4 aromatic rings. The molecule has 0 bridgehead atoms. The number of hydrogen-bond donors (Lipinski definition) is 1. The predicted octanol–water partition coefficient (Wildman–Crippen LogP) is 2.99. The third-order valence-electron chi connectivity index (χ3n) is 4.30. The van der Waals surface area contributed by atoms with E-state index in [4.69, 9.17) is 4.74 Å². The summed E-state index contributed by atoms with van der Waals surface area (Å²) in [4.78, 5) is 16.7. The SMILES string of the molecule is O=c1c2ccccc2ncn1C[C@@H](O)COc1ccc2ccccc2c1. The molecule has 3 aromatic carbocycles. The Morgan fingerprint density at radius 2 is 1.77 bits per heavy atom. The average molecular weight is 346 g/mol. The summed E-state index contributed by atoms with van der Waals surface area (Å²) < 4.78 is 7.10. The summed E-state index contributed by atoms with van der Waals surface area (Å²) in [7, 11) is 0. The van der Waals surface area contributed by atoms with E-state index in [1.165, 1.54) is 10.9 Å². The fourth-order valence-corrected chi connectivity index (χ4v) is 2.97. The molecule has 0 amide bonds. The van der Waals surface area contributed by atoms with E-state index in [0.29, 0.717) is 16.7 Å². The number of nitrogens with zero attached hydrogens (tertiary/aromatic N) is 2. The number of hydrogen-bond acceptors (Lipinski definition) is 4. The number of benzene rings is 3. The minimum atomic E-state index is -0.817. The number of aromatic nitrogens is 2. The highest BCUT2D eigenvalue weighted by molar-refractivity contribution is 5.83. The summed E-state index contributed by atoms with van der Waals surface area (Å²) in [5.74, 6) is 0.687. The Bertz CT molecular complexity index is 1120. The van der Waals surface area contributed by atoms with Gasteiger partial charge in [0.1, 0.15) is 18.5 Å². The molecule has 0 aliphatic heterocycles. The van der Waals surface area contributed by atoms with Gasteiger partial charge in [0.05, 0.1) is 23.8 Å². The third kappa shape index (κ3) is 3.30. The zero-order valence-electron chi connectivity index (χ0n) is 14.1. The van der Waals surface area contributed by atoms with Crippen LogP contribution in [0, 0.1) is 0 Å². The molecule has 0 saturated heterocycles. The van der Waals surface area contributed by atoms with E-state index in [1.807, 2.05) is 48.5 Å². The molecule has 0 radical (unpaired) electrons. The van der Waals surface area contributed by atoms with Crippen molar-refractivity contribution < 1.29 is 9.84 Å². The minimum Gasteiger partial charge on any atom is -0.491 e. The van der Waals surface area contributed by atoms with Crippen LogP contribution in [0.15, 0.2) is 77.9 Å². The van der Waals surface area contributed by atoms with Crippen molar-refractivity contribution in [3.8, 4) is 5.75 Å². The number of para-hydroxylation sites is 1. The van der Waals surface area contributed by atoms with Crippen molar-refractivity contribution in [1.82, 2.24) is 9.55 Å². The van der Waals surface area contributed by atoms with Crippen molar-refractivity contribution in [2.75, 3.05) is 6.61 Å². The lowest BCUT2D eigenvalue weighted by Gasteiger charge is -2.14. The summed E-state index contributed by atoms with van der Waals surface area (Å²) >= 11 is 0. The molecule has 0 unspecified atom stereocenters. The Hall–Kier alpha value is -3.18. The number of ether oxygens (including phenoxy) is 1. The molecule has 0 aliphatic carbocycles. The van der Waals surface area contributed by atoms with Crippen LogP contribution in [-0.2, 0) is 6.54 Å². The van der Waals surface area contributed by atoms with Gasteiger partial charge in [0.25, 0.3) is 5.56 Å². The quantitative estimate of drug-likeness (QED) is 0.603. The first-order chi connectivity index (χ1) is 12.7. The maximum absolute atomic E-state index is 12.5. The normalized spacial score (nSPS) is 12.3. The van der Waals surface area contributed by atoms with Crippen LogP contribution in [0.3, 0.4) is 0 Å². The summed E-state index contributed by atoms with van der Waals surface area (Å²) in [6.45, 7) is 0.224. The van der Waals surface area contributed by atoms with Gasteiger partial charge in [-0.05, 0) is 35.0 Å². The van der Waals surface area contributed by atoms with Crippen LogP contribution in [0.4, 0.5) is 0 Å². The Kier molecular flexibility index (Phi) is 4.37. The van der Waals surface area contributed by atoms with Crippen molar-refractivity contribution in [3.63, 3.8) is 0 Å². The van der Waals surface area contributed by atoms with E-state index in [-0.39, 0.29) is 18.7 Å². The standard InChI is InChI=1S/C21H18N2O3/c24-17(12-23-14-22-20-8-4-3-7-19(20)21(23)25)13-26-18-10-9-15-5-1-2-6-16(15)11-18/h1-11,14,17,24H,12-13H2/t17-/m1/s1. The van der Waals surface area contributed by atoms with Crippen LogP contribution in [0.25, 0.3) is 21.7 Å². The average Bonchev–Trinajstić information content (AvgIpc) is 2.68. The van der Waals surface area contributed by atoms with Crippen LogP contribution in [0.1, 0.15) is 0 Å². The molecule has 0 aliphatic rings. The second-order valence-electron chi connectivity index (χ2n) is 6.19. The van der Waals surface area contributed by atoms with Crippen LogP contribution in [0.2, 0.25) is 0 Å². The van der Waals surface area contributed by atoms with Crippen molar-refractivity contribution >= 4 is 21.7 Å². The van der Waals surface area contributed by atoms with E-state index in [0.717, 1.165) is 10.8 Å². The van der Waals surface area contributed by atoms with Gasteiger partial charge in [-0.3, -0.25) is 9.36 Å². The summed E-state index contributed by atoms with van der Waals surface area (Å²) in [6, 6.07) is 21.0. The van der Waals surface area contributed by atoms with Gasteiger partial charge < -0.3 is 9.84 Å². The topological polar surface area (TPSA) is 64.4 Å². The van der Waals surface area contributed by atoms with Gasteiger partial charge >= 0.3 is 0 Å². The van der Waals surface area contributed by atoms with E-state index in [1.54, 1.807) is 18.2 Å². The second-order valence-corrected chi connectivity index (χ2v) is 6.19. The van der Waals surface area contributed by atoms with Crippen LogP contribution in [-0.4, -0.2) is 27.4 Å². The van der Waals surface area contributed by atoms with Gasteiger partial charge in [-0.1, -0.05) is 42.5 Å². The van der Waals surface area contributed by atoms with Gasteiger partial charge in [-0.15, -0.1) is 0 Å². The third-order valence-corrected chi connectivity index (χ3v) is 4.30. The second kappa shape index (κ2) is 6.98. The molecular weight excluding hydrogens is 328 g/mol. The predicted molar refractivity (Wildman–Crippen MR) is 101 cm³/mol. The van der Waals surface area contributed by atoms with Gasteiger partial charge in [0.2, 0.25) is 0 Å². The Balaban J connectivity index is 1.46. The van der Waals surface area contributed by atoms with E-state index < -0.39 is 6.10 Å². The van der Waals surface area contributed by atoms with Crippen LogP contribution >= 0.6 is 0 Å². The van der Waals surface area contributed by atoms with Gasteiger partial charge in [-0.25, -0.2) is 4.98 Å². The molecule has 1 N–H and O–H groups in total. The molecule has 5 nitrogen and oxygen atoms in total. The first kappa shape index (κ1) is 16.3.